The Kier molecular flexibility index (Phi) is 2.75. The molecule has 0 spiro atoms. The van der Waals surface area contributed by atoms with Crippen molar-refractivity contribution in [2.24, 2.45) is 5.73 Å². The number of benzene rings is 1. The molecule has 0 aliphatic rings. The van der Waals surface area contributed by atoms with Gasteiger partial charge in [-0.1, -0.05) is 12.1 Å². The number of aromatic nitrogens is 1. The Morgan fingerprint density at radius 1 is 1.47 bits per heavy atom. The lowest BCUT2D eigenvalue weighted by atomic mass is 10.2. The molecule has 0 atom stereocenters. The first-order valence-corrected chi connectivity index (χ1v) is 4.63. The summed E-state index contributed by atoms with van der Waals surface area (Å²) >= 11 is 0. The highest BCUT2D eigenvalue weighted by Crippen LogP contribution is 2.24. The third-order valence-corrected chi connectivity index (χ3v) is 1.95. The topological polar surface area (TPSA) is 102 Å². The number of carbonyl (C=O) groups excluding carboxylic acids is 1. The van der Waals surface area contributed by atoms with E-state index < -0.39 is 5.91 Å². The molecule has 0 saturated heterocycles. The molecule has 1 aromatic heterocycles. The molecule has 0 unspecified atom stereocenters. The van der Waals surface area contributed by atoms with Gasteiger partial charge < -0.3 is 14.9 Å². The Morgan fingerprint density at radius 2 is 2.24 bits per heavy atom. The summed E-state index contributed by atoms with van der Waals surface area (Å²) in [6, 6.07) is 8.20. The van der Waals surface area contributed by atoms with E-state index in [2.05, 4.69) is 4.98 Å². The second kappa shape index (κ2) is 4.37. The van der Waals surface area contributed by atoms with Gasteiger partial charge in [0.05, 0.1) is 5.56 Å². The van der Waals surface area contributed by atoms with Gasteiger partial charge in [-0.2, -0.15) is 10.2 Å². The Balaban J connectivity index is 2.30. The summed E-state index contributed by atoms with van der Waals surface area (Å²) in [5.74, 6) is -0.390. The van der Waals surface area contributed by atoms with Crippen LogP contribution < -0.4 is 10.5 Å². The Bertz CT molecular complexity index is 598. The van der Waals surface area contributed by atoms with Gasteiger partial charge in [0.2, 0.25) is 0 Å². The van der Waals surface area contributed by atoms with Crippen LogP contribution in [0.15, 0.2) is 34.9 Å². The van der Waals surface area contributed by atoms with Crippen LogP contribution >= 0.6 is 0 Å². The van der Waals surface area contributed by atoms with Crippen LogP contribution in [-0.4, -0.2) is 10.9 Å². The first-order chi connectivity index (χ1) is 8.20. The fraction of sp³-hybridized carbons (Fsp3) is 0. The van der Waals surface area contributed by atoms with Crippen LogP contribution in [0, 0.1) is 11.3 Å². The van der Waals surface area contributed by atoms with E-state index in [0.29, 0.717) is 0 Å². The number of oxazole rings is 1. The molecule has 84 valence electrons. The highest BCUT2D eigenvalue weighted by molar-refractivity contribution is 5.95. The van der Waals surface area contributed by atoms with Gasteiger partial charge in [-0.25, -0.2) is 0 Å². The maximum absolute atomic E-state index is 11.1. The molecular weight excluding hydrogens is 222 g/mol. The van der Waals surface area contributed by atoms with Crippen molar-refractivity contribution >= 4 is 5.91 Å². The predicted octanol–water partition coefficient (Wildman–Crippen LogP) is 1.44. The summed E-state index contributed by atoms with van der Waals surface area (Å²) in [5.41, 5.74) is 5.48. The molecule has 0 aliphatic heterocycles. The zero-order chi connectivity index (χ0) is 12.3. The van der Waals surface area contributed by atoms with Crippen molar-refractivity contribution in [3.63, 3.8) is 0 Å². The number of hydrogen-bond acceptors (Lipinski definition) is 5. The van der Waals surface area contributed by atoms with Crippen molar-refractivity contribution in [1.29, 1.82) is 5.26 Å². The minimum absolute atomic E-state index is 0.0940. The van der Waals surface area contributed by atoms with Gasteiger partial charge in [-0.15, -0.1) is 0 Å². The van der Waals surface area contributed by atoms with E-state index in [1.807, 2.05) is 0 Å². The molecule has 0 fully saturated rings. The van der Waals surface area contributed by atoms with Crippen molar-refractivity contribution in [2.75, 3.05) is 0 Å². The van der Waals surface area contributed by atoms with Gasteiger partial charge in [0.25, 0.3) is 5.91 Å². The highest BCUT2D eigenvalue weighted by Gasteiger charge is 2.12. The van der Waals surface area contributed by atoms with Gasteiger partial charge in [0.15, 0.2) is 5.69 Å². The molecule has 2 aromatic rings. The maximum Gasteiger partial charge on any atom is 0.400 e. The number of hydrogen-bond donors (Lipinski definition) is 1. The number of nitrogens with two attached hydrogens (primary N) is 1. The summed E-state index contributed by atoms with van der Waals surface area (Å²) in [7, 11) is 0. The fourth-order valence-corrected chi connectivity index (χ4v) is 1.21. The van der Waals surface area contributed by atoms with Crippen molar-refractivity contribution in [1.82, 2.24) is 4.98 Å². The van der Waals surface area contributed by atoms with E-state index in [0.717, 1.165) is 6.26 Å². The van der Waals surface area contributed by atoms with Gasteiger partial charge in [0.1, 0.15) is 18.1 Å². The molecule has 6 nitrogen and oxygen atoms in total. The second-order valence-corrected chi connectivity index (χ2v) is 3.07. The van der Waals surface area contributed by atoms with Crippen LogP contribution in [-0.2, 0) is 0 Å². The van der Waals surface area contributed by atoms with Crippen LogP contribution in [0.1, 0.15) is 16.1 Å². The van der Waals surface area contributed by atoms with Crippen LogP contribution in [0.4, 0.5) is 0 Å². The van der Waals surface area contributed by atoms with Crippen molar-refractivity contribution in [3.8, 4) is 17.9 Å². The van der Waals surface area contributed by atoms with Gasteiger partial charge >= 0.3 is 6.08 Å². The average molecular weight is 229 g/mol. The van der Waals surface area contributed by atoms with E-state index in [4.69, 9.17) is 20.1 Å². The zero-order valence-corrected chi connectivity index (χ0v) is 8.58. The lowest BCUT2D eigenvalue weighted by molar-refractivity contribution is 0.0997. The molecule has 2 rings (SSSR count). The van der Waals surface area contributed by atoms with E-state index in [-0.39, 0.29) is 23.1 Å². The van der Waals surface area contributed by atoms with Crippen molar-refractivity contribution in [2.45, 2.75) is 0 Å². The molecule has 6 heteroatoms. The molecule has 2 N–H and O–H groups in total. The van der Waals surface area contributed by atoms with E-state index in [9.17, 15) is 4.79 Å². The fourth-order valence-electron chi connectivity index (χ4n) is 1.21. The number of rotatable bonds is 3. The van der Waals surface area contributed by atoms with E-state index in [1.165, 1.54) is 6.07 Å². The molecule has 1 amide bonds. The monoisotopic (exact) mass is 229 g/mol. The number of carbonyl (C=O) groups is 1. The van der Waals surface area contributed by atoms with Crippen molar-refractivity contribution < 1.29 is 13.9 Å². The van der Waals surface area contributed by atoms with Crippen LogP contribution in [0.5, 0.6) is 11.8 Å². The number of primary amides is 1. The molecule has 0 saturated carbocycles. The van der Waals surface area contributed by atoms with Gasteiger partial charge in [-0.05, 0) is 12.1 Å². The number of amides is 1. The minimum atomic E-state index is -0.618. The van der Waals surface area contributed by atoms with Crippen LogP contribution in [0.2, 0.25) is 0 Å². The number of ether oxygens (including phenoxy) is 1. The Morgan fingerprint density at radius 3 is 2.88 bits per heavy atom. The zero-order valence-electron chi connectivity index (χ0n) is 8.58. The van der Waals surface area contributed by atoms with Crippen molar-refractivity contribution in [3.05, 3.63) is 41.8 Å². The number of para-hydroxylation sites is 1. The summed E-state index contributed by atoms with van der Waals surface area (Å²) in [4.78, 5) is 14.8. The summed E-state index contributed by atoms with van der Waals surface area (Å²) < 4.78 is 10.1. The van der Waals surface area contributed by atoms with Gasteiger partial charge in [0, 0.05) is 0 Å². The molecule has 0 bridgehead atoms. The van der Waals surface area contributed by atoms with Crippen LogP contribution in [0.25, 0.3) is 0 Å². The number of nitriles is 1. The highest BCUT2D eigenvalue weighted by atomic mass is 16.6. The molecule has 0 aliphatic carbocycles. The first kappa shape index (κ1) is 10.7. The SMILES string of the molecule is N#Cc1coc(Oc2ccccc2C(N)=O)n1. The molecule has 17 heavy (non-hydrogen) atoms. The maximum atomic E-state index is 11.1. The largest absolute Gasteiger partial charge is 0.416 e. The smallest absolute Gasteiger partial charge is 0.400 e. The second-order valence-electron chi connectivity index (χ2n) is 3.07. The number of nitrogens with zero attached hydrogens (tertiary/aromatic N) is 2. The average Bonchev–Trinajstić information content (AvgIpc) is 2.77. The molecule has 1 aromatic carbocycles. The van der Waals surface area contributed by atoms with E-state index in [1.54, 1.807) is 24.3 Å². The van der Waals surface area contributed by atoms with Crippen LogP contribution in [0.3, 0.4) is 0 Å². The summed E-state index contributed by atoms with van der Waals surface area (Å²) in [5, 5.41) is 8.56. The quantitative estimate of drug-likeness (QED) is 0.857. The predicted molar refractivity (Wildman–Crippen MR) is 56.3 cm³/mol. The van der Waals surface area contributed by atoms with Gasteiger partial charge in [-0.3, -0.25) is 4.79 Å². The Labute approximate surface area is 96.2 Å². The molecule has 1 heterocycles. The lowest BCUT2D eigenvalue weighted by Crippen LogP contribution is -2.11. The minimum Gasteiger partial charge on any atom is -0.416 e. The summed E-state index contributed by atoms with van der Waals surface area (Å²) in [6.45, 7) is 0. The summed E-state index contributed by atoms with van der Waals surface area (Å²) in [6.07, 6.45) is 1.04. The third kappa shape index (κ3) is 2.23. The van der Waals surface area contributed by atoms with E-state index >= 15 is 0 Å². The molecular formula is C11H7N3O3. The standard InChI is InChI=1S/C11H7N3O3/c12-5-7-6-16-11(14-7)17-9-4-2-1-3-8(9)10(13)15/h1-4,6H,(H2,13,15). The molecule has 0 radical (unpaired) electrons. The lowest BCUT2D eigenvalue weighted by Gasteiger charge is -2.04. The normalized spacial score (nSPS) is 9.59. The Hall–Kier alpha value is -2.81. The first-order valence-electron chi connectivity index (χ1n) is 4.63. The third-order valence-electron chi connectivity index (χ3n) is 1.95.